The number of ether oxygens (including phenoxy) is 1. The number of hydrogen-bond donors (Lipinski definition) is 1. The maximum absolute atomic E-state index is 6.03. The summed E-state index contributed by atoms with van der Waals surface area (Å²) in [4.78, 5) is 2.55. The molecule has 1 atom stereocenters. The summed E-state index contributed by atoms with van der Waals surface area (Å²) in [6.07, 6.45) is 3.66. The SMILES string of the molecule is CC(C)N1CCC(COc2ccc3c(c2)CCCN3)C1. The lowest BCUT2D eigenvalue weighted by Crippen LogP contribution is -2.29. The van der Waals surface area contributed by atoms with E-state index < -0.39 is 0 Å². The van der Waals surface area contributed by atoms with Crippen LogP contribution < -0.4 is 10.1 Å². The Morgan fingerprint density at radius 2 is 2.30 bits per heavy atom. The fourth-order valence-corrected chi connectivity index (χ4v) is 3.22. The van der Waals surface area contributed by atoms with E-state index in [9.17, 15) is 0 Å². The molecule has 1 aromatic rings. The Hall–Kier alpha value is -1.22. The molecule has 0 spiro atoms. The minimum absolute atomic E-state index is 0.662. The van der Waals surface area contributed by atoms with Crippen LogP contribution >= 0.6 is 0 Å². The van der Waals surface area contributed by atoms with Gasteiger partial charge in [-0.05, 0) is 63.4 Å². The second kappa shape index (κ2) is 6.04. The van der Waals surface area contributed by atoms with E-state index in [1.54, 1.807) is 0 Å². The van der Waals surface area contributed by atoms with Crippen LogP contribution in [0.15, 0.2) is 18.2 Å². The molecule has 2 aliphatic rings. The monoisotopic (exact) mass is 274 g/mol. The number of fused-ring (bicyclic) bond motifs is 1. The van der Waals surface area contributed by atoms with Crippen molar-refractivity contribution >= 4 is 5.69 Å². The van der Waals surface area contributed by atoms with Crippen molar-refractivity contribution in [2.24, 2.45) is 5.92 Å². The van der Waals surface area contributed by atoms with E-state index in [0.717, 1.165) is 18.9 Å². The Balaban J connectivity index is 1.54. The topological polar surface area (TPSA) is 24.5 Å². The third-order valence-electron chi connectivity index (χ3n) is 4.55. The van der Waals surface area contributed by atoms with Gasteiger partial charge in [-0.15, -0.1) is 0 Å². The van der Waals surface area contributed by atoms with E-state index in [1.165, 1.54) is 43.6 Å². The van der Waals surface area contributed by atoms with Gasteiger partial charge in [0.1, 0.15) is 5.75 Å². The van der Waals surface area contributed by atoms with Gasteiger partial charge in [-0.3, -0.25) is 0 Å². The summed E-state index contributed by atoms with van der Waals surface area (Å²) < 4.78 is 6.03. The van der Waals surface area contributed by atoms with Gasteiger partial charge in [-0.1, -0.05) is 0 Å². The number of rotatable bonds is 4. The lowest BCUT2D eigenvalue weighted by Gasteiger charge is -2.21. The molecule has 1 N–H and O–H groups in total. The van der Waals surface area contributed by atoms with Crippen molar-refractivity contribution in [1.29, 1.82) is 0 Å². The summed E-state index contributed by atoms with van der Waals surface area (Å²) in [6.45, 7) is 8.92. The van der Waals surface area contributed by atoms with Gasteiger partial charge in [-0.2, -0.15) is 0 Å². The standard InChI is InChI=1S/C17H26N2O/c1-13(2)19-9-7-14(11-19)12-20-16-5-6-17-15(10-16)4-3-8-18-17/h5-6,10,13-14,18H,3-4,7-9,11-12H2,1-2H3. The van der Waals surface area contributed by atoms with E-state index in [1.807, 2.05) is 0 Å². The molecule has 20 heavy (non-hydrogen) atoms. The average Bonchev–Trinajstić information content (AvgIpc) is 2.94. The lowest BCUT2D eigenvalue weighted by atomic mass is 10.0. The number of hydrogen-bond acceptors (Lipinski definition) is 3. The zero-order valence-corrected chi connectivity index (χ0v) is 12.7. The largest absolute Gasteiger partial charge is 0.493 e. The normalized spacial score (nSPS) is 22.6. The highest BCUT2D eigenvalue weighted by atomic mass is 16.5. The summed E-state index contributed by atoms with van der Waals surface area (Å²) in [5.74, 6) is 1.72. The Bertz CT molecular complexity index is 458. The first-order valence-electron chi connectivity index (χ1n) is 7.96. The minimum Gasteiger partial charge on any atom is -0.493 e. The Morgan fingerprint density at radius 3 is 3.10 bits per heavy atom. The van der Waals surface area contributed by atoms with E-state index in [4.69, 9.17) is 4.74 Å². The molecule has 0 bridgehead atoms. The van der Waals surface area contributed by atoms with Gasteiger partial charge >= 0.3 is 0 Å². The Morgan fingerprint density at radius 1 is 1.40 bits per heavy atom. The van der Waals surface area contributed by atoms with Crippen molar-refractivity contribution in [3.8, 4) is 5.75 Å². The minimum atomic E-state index is 0.662. The quantitative estimate of drug-likeness (QED) is 0.913. The molecule has 0 aliphatic carbocycles. The highest BCUT2D eigenvalue weighted by Gasteiger charge is 2.24. The summed E-state index contributed by atoms with van der Waals surface area (Å²) >= 11 is 0. The van der Waals surface area contributed by atoms with Gasteiger partial charge < -0.3 is 15.0 Å². The third-order valence-corrected chi connectivity index (χ3v) is 4.55. The van der Waals surface area contributed by atoms with Crippen LogP contribution in [0, 0.1) is 5.92 Å². The molecule has 3 heteroatoms. The zero-order valence-electron chi connectivity index (χ0n) is 12.7. The van der Waals surface area contributed by atoms with Gasteiger partial charge in [0.15, 0.2) is 0 Å². The lowest BCUT2D eigenvalue weighted by molar-refractivity contribution is 0.223. The molecule has 0 aromatic heterocycles. The van der Waals surface area contributed by atoms with E-state index in [-0.39, 0.29) is 0 Å². The molecule has 2 heterocycles. The van der Waals surface area contributed by atoms with Crippen LogP contribution in [0.4, 0.5) is 5.69 Å². The molecule has 110 valence electrons. The molecule has 3 nitrogen and oxygen atoms in total. The van der Waals surface area contributed by atoms with Crippen molar-refractivity contribution in [3.63, 3.8) is 0 Å². The van der Waals surface area contributed by atoms with Crippen molar-refractivity contribution in [1.82, 2.24) is 4.90 Å². The smallest absolute Gasteiger partial charge is 0.119 e. The Labute approximate surface area is 122 Å². The number of likely N-dealkylation sites (tertiary alicyclic amines) is 1. The second-order valence-electron chi connectivity index (χ2n) is 6.40. The Kier molecular flexibility index (Phi) is 4.16. The molecule has 1 fully saturated rings. The molecule has 1 aromatic carbocycles. The van der Waals surface area contributed by atoms with Crippen LogP contribution in [-0.2, 0) is 6.42 Å². The molecule has 2 aliphatic heterocycles. The molecule has 0 amide bonds. The summed E-state index contributed by atoms with van der Waals surface area (Å²) in [7, 11) is 0. The summed E-state index contributed by atoms with van der Waals surface area (Å²) in [6, 6.07) is 7.15. The summed E-state index contributed by atoms with van der Waals surface area (Å²) in [5, 5.41) is 3.44. The number of nitrogens with one attached hydrogen (secondary N) is 1. The van der Waals surface area contributed by atoms with E-state index >= 15 is 0 Å². The van der Waals surface area contributed by atoms with Crippen molar-refractivity contribution < 1.29 is 4.74 Å². The van der Waals surface area contributed by atoms with E-state index in [0.29, 0.717) is 12.0 Å². The molecule has 0 saturated carbocycles. The molecule has 1 unspecified atom stereocenters. The number of nitrogens with zero attached hydrogens (tertiary/aromatic N) is 1. The number of benzene rings is 1. The number of anilines is 1. The molecule has 1 saturated heterocycles. The molecular weight excluding hydrogens is 248 g/mol. The first-order valence-corrected chi connectivity index (χ1v) is 7.96. The predicted molar refractivity (Wildman–Crippen MR) is 83.6 cm³/mol. The van der Waals surface area contributed by atoms with Gasteiger partial charge in [0.25, 0.3) is 0 Å². The highest BCUT2D eigenvalue weighted by Crippen LogP contribution is 2.27. The van der Waals surface area contributed by atoms with Gasteiger partial charge in [-0.25, -0.2) is 0 Å². The van der Waals surface area contributed by atoms with Crippen LogP contribution in [0.25, 0.3) is 0 Å². The molecule has 3 rings (SSSR count). The maximum atomic E-state index is 6.03. The van der Waals surface area contributed by atoms with Crippen LogP contribution in [0.3, 0.4) is 0 Å². The third kappa shape index (κ3) is 3.09. The summed E-state index contributed by atoms with van der Waals surface area (Å²) in [5.41, 5.74) is 2.69. The van der Waals surface area contributed by atoms with E-state index in [2.05, 4.69) is 42.3 Å². The van der Waals surface area contributed by atoms with Crippen LogP contribution in [0.2, 0.25) is 0 Å². The number of aryl methyl sites for hydroxylation is 1. The fraction of sp³-hybridized carbons (Fsp3) is 0.647. The van der Waals surface area contributed by atoms with Crippen molar-refractivity contribution in [3.05, 3.63) is 23.8 Å². The highest BCUT2D eigenvalue weighted by molar-refractivity contribution is 5.55. The van der Waals surface area contributed by atoms with Gasteiger partial charge in [0.05, 0.1) is 6.61 Å². The molecule has 0 radical (unpaired) electrons. The average molecular weight is 274 g/mol. The first kappa shape index (κ1) is 13.7. The van der Waals surface area contributed by atoms with Crippen LogP contribution in [0.5, 0.6) is 5.75 Å². The van der Waals surface area contributed by atoms with Gasteiger partial charge in [0, 0.05) is 30.7 Å². The molecular formula is C17H26N2O. The van der Waals surface area contributed by atoms with Crippen molar-refractivity contribution in [2.75, 3.05) is 31.6 Å². The zero-order chi connectivity index (χ0) is 13.9. The van der Waals surface area contributed by atoms with Crippen molar-refractivity contribution in [2.45, 2.75) is 39.2 Å². The van der Waals surface area contributed by atoms with Crippen LogP contribution in [-0.4, -0.2) is 37.2 Å². The van der Waals surface area contributed by atoms with Crippen LogP contribution in [0.1, 0.15) is 32.3 Å². The fourth-order valence-electron chi connectivity index (χ4n) is 3.22. The first-order chi connectivity index (χ1) is 9.72. The second-order valence-corrected chi connectivity index (χ2v) is 6.40. The predicted octanol–water partition coefficient (Wildman–Crippen LogP) is 3.15. The van der Waals surface area contributed by atoms with Gasteiger partial charge in [0.2, 0.25) is 0 Å². The maximum Gasteiger partial charge on any atom is 0.119 e.